The molecule has 0 amide bonds. The maximum Gasteiger partial charge on any atom is -0.0177 e. The molecule has 0 aromatic carbocycles. The van der Waals surface area contributed by atoms with E-state index in [4.69, 9.17) is 0 Å². The Hall–Kier alpha value is -0.260. The van der Waals surface area contributed by atoms with Gasteiger partial charge in [-0.15, -0.1) is 0 Å². The van der Waals surface area contributed by atoms with Crippen molar-refractivity contribution in [1.29, 1.82) is 0 Å². The summed E-state index contributed by atoms with van der Waals surface area (Å²) >= 11 is 0. The lowest BCUT2D eigenvalue weighted by atomic mass is 9.67. The van der Waals surface area contributed by atoms with Crippen molar-refractivity contribution in [2.75, 3.05) is 0 Å². The zero-order chi connectivity index (χ0) is 20.1. The largest absolute Gasteiger partial charge is 0.0996 e. The monoisotopic (exact) mass is 362 g/mol. The first-order valence-electron chi connectivity index (χ1n) is 11.7. The van der Waals surface area contributed by atoms with Gasteiger partial charge in [0.25, 0.3) is 0 Å². The minimum atomic E-state index is 0.434. The summed E-state index contributed by atoms with van der Waals surface area (Å²) in [4.78, 5) is 0. The third kappa shape index (κ3) is 7.05. The van der Waals surface area contributed by atoms with E-state index in [9.17, 15) is 0 Å². The van der Waals surface area contributed by atoms with Crippen LogP contribution < -0.4 is 0 Å². The van der Waals surface area contributed by atoms with Gasteiger partial charge in [-0.05, 0) is 72.5 Å². The lowest BCUT2D eigenvalue weighted by Gasteiger charge is -2.38. The zero-order valence-electron chi connectivity index (χ0n) is 19.7. The predicted octanol–water partition coefficient (Wildman–Crippen LogP) is 8.77. The molecular formula is C26H50. The van der Waals surface area contributed by atoms with Crippen molar-refractivity contribution in [2.45, 2.75) is 107 Å². The standard InChI is InChI=1S/C26H50/c1-11-19(4)24(9)20(5)13-12-14-26(10,23(8)15-18(2)3)17-22(7)25-16-21(25)6/h18-21,23-25H,7,11-17H2,1-6,8-10H3. The Kier molecular flexibility index (Phi) is 9.45. The van der Waals surface area contributed by atoms with Crippen LogP contribution >= 0.6 is 0 Å². The SMILES string of the molecule is C=C(CC(C)(CCCC(C)C(C)C(C)CC)C(C)CC(C)C)C1CC1C. The van der Waals surface area contributed by atoms with E-state index in [1.807, 2.05) is 0 Å². The molecule has 7 unspecified atom stereocenters. The van der Waals surface area contributed by atoms with E-state index in [0.29, 0.717) is 5.41 Å². The normalized spacial score (nSPS) is 26.8. The van der Waals surface area contributed by atoms with Gasteiger partial charge in [0.15, 0.2) is 0 Å². The van der Waals surface area contributed by atoms with Crippen molar-refractivity contribution in [1.82, 2.24) is 0 Å². The van der Waals surface area contributed by atoms with Crippen LogP contribution in [0.15, 0.2) is 12.2 Å². The molecule has 0 heterocycles. The number of hydrogen-bond acceptors (Lipinski definition) is 0. The number of hydrogen-bond donors (Lipinski definition) is 0. The molecule has 0 heteroatoms. The van der Waals surface area contributed by atoms with E-state index in [1.54, 1.807) is 5.57 Å². The fourth-order valence-corrected chi connectivity index (χ4v) is 5.06. The molecule has 26 heavy (non-hydrogen) atoms. The van der Waals surface area contributed by atoms with E-state index >= 15 is 0 Å². The van der Waals surface area contributed by atoms with E-state index in [2.05, 4.69) is 68.9 Å². The molecule has 0 N–H and O–H groups in total. The van der Waals surface area contributed by atoms with E-state index in [-0.39, 0.29) is 0 Å². The molecule has 1 fully saturated rings. The molecule has 1 rings (SSSR count). The Balaban J connectivity index is 2.65. The van der Waals surface area contributed by atoms with Crippen LogP contribution in [0.5, 0.6) is 0 Å². The predicted molar refractivity (Wildman–Crippen MR) is 119 cm³/mol. The summed E-state index contributed by atoms with van der Waals surface area (Å²) in [7, 11) is 0. The maximum absolute atomic E-state index is 4.52. The second-order valence-electron chi connectivity index (χ2n) is 11.0. The summed E-state index contributed by atoms with van der Waals surface area (Å²) in [6.45, 7) is 26.5. The first-order valence-corrected chi connectivity index (χ1v) is 11.7. The highest BCUT2D eigenvalue weighted by Gasteiger charge is 2.39. The fourth-order valence-electron chi connectivity index (χ4n) is 5.06. The van der Waals surface area contributed by atoms with Gasteiger partial charge in [0.05, 0.1) is 0 Å². The zero-order valence-corrected chi connectivity index (χ0v) is 19.7. The molecule has 0 bridgehead atoms. The first kappa shape index (κ1) is 23.8. The molecule has 7 atom stereocenters. The molecule has 0 spiro atoms. The van der Waals surface area contributed by atoms with Crippen LogP contribution in [0, 0.1) is 46.8 Å². The van der Waals surface area contributed by atoms with Crippen LogP contribution in [-0.4, -0.2) is 0 Å². The quantitative estimate of drug-likeness (QED) is 0.287. The van der Waals surface area contributed by atoms with Crippen molar-refractivity contribution in [2.24, 2.45) is 46.8 Å². The topological polar surface area (TPSA) is 0 Å². The molecule has 0 aliphatic heterocycles. The molecule has 1 aliphatic rings. The summed E-state index contributed by atoms with van der Waals surface area (Å²) < 4.78 is 0. The van der Waals surface area contributed by atoms with Crippen molar-refractivity contribution in [3.8, 4) is 0 Å². The van der Waals surface area contributed by atoms with Gasteiger partial charge in [0.1, 0.15) is 0 Å². The molecular weight excluding hydrogens is 312 g/mol. The summed E-state index contributed by atoms with van der Waals surface area (Å²) in [5.41, 5.74) is 1.99. The highest BCUT2D eigenvalue weighted by molar-refractivity contribution is 5.13. The second-order valence-corrected chi connectivity index (χ2v) is 11.0. The van der Waals surface area contributed by atoms with Crippen LogP contribution in [0.25, 0.3) is 0 Å². The van der Waals surface area contributed by atoms with Crippen LogP contribution in [0.1, 0.15) is 107 Å². The minimum absolute atomic E-state index is 0.434. The lowest BCUT2D eigenvalue weighted by Crippen LogP contribution is -2.28. The van der Waals surface area contributed by atoms with Crippen molar-refractivity contribution >= 4 is 0 Å². The molecule has 1 saturated carbocycles. The van der Waals surface area contributed by atoms with Crippen LogP contribution in [-0.2, 0) is 0 Å². The third-order valence-corrected chi connectivity index (χ3v) is 8.13. The van der Waals surface area contributed by atoms with Gasteiger partial charge in [-0.2, -0.15) is 0 Å². The maximum atomic E-state index is 4.52. The van der Waals surface area contributed by atoms with Crippen molar-refractivity contribution in [3.63, 3.8) is 0 Å². The van der Waals surface area contributed by atoms with E-state index in [1.165, 1.54) is 44.9 Å². The smallest absolute Gasteiger partial charge is 0.0177 e. The summed E-state index contributed by atoms with van der Waals surface area (Å²) in [5.74, 6) is 5.85. The average Bonchev–Trinajstić information content (AvgIpc) is 3.29. The molecule has 0 nitrogen and oxygen atoms in total. The average molecular weight is 363 g/mol. The van der Waals surface area contributed by atoms with Gasteiger partial charge in [-0.3, -0.25) is 0 Å². The molecule has 0 saturated heterocycles. The molecule has 0 aromatic heterocycles. The Bertz CT molecular complexity index is 420. The minimum Gasteiger partial charge on any atom is -0.0996 e. The number of rotatable bonds is 13. The Morgan fingerprint density at radius 3 is 2.12 bits per heavy atom. The van der Waals surface area contributed by atoms with Gasteiger partial charge in [0, 0.05) is 0 Å². The van der Waals surface area contributed by atoms with E-state index < -0.39 is 0 Å². The van der Waals surface area contributed by atoms with Crippen LogP contribution in [0.4, 0.5) is 0 Å². The third-order valence-electron chi connectivity index (χ3n) is 8.13. The Morgan fingerprint density at radius 2 is 1.65 bits per heavy atom. The lowest BCUT2D eigenvalue weighted by molar-refractivity contribution is 0.143. The van der Waals surface area contributed by atoms with E-state index in [0.717, 1.165) is 41.4 Å². The highest BCUT2D eigenvalue weighted by Crippen LogP contribution is 2.50. The molecule has 1 aliphatic carbocycles. The number of allylic oxidation sites excluding steroid dienone is 1. The summed E-state index contributed by atoms with van der Waals surface area (Å²) in [6.07, 6.45) is 9.45. The molecule has 0 aromatic rings. The first-order chi connectivity index (χ1) is 12.0. The van der Waals surface area contributed by atoms with Gasteiger partial charge in [0.2, 0.25) is 0 Å². The highest BCUT2D eigenvalue weighted by atomic mass is 14.4. The fraction of sp³-hybridized carbons (Fsp3) is 0.923. The van der Waals surface area contributed by atoms with Crippen molar-refractivity contribution in [3.05, 3.63) is 12.2 Å². The Morgan fingerprint density at radius 1 is 1.08 bits per heavy atom. The summed E-state index contributed by atoms with van der Waals surface area (Å²) in [5, 5.41) is 0. The van der Waals surface area contributed by atoms with Crippen LogP contribution in [0.2, 0.25) is 0 Å². The van der Waals surface area contributed by atoms with Gasteiger partial charge in [-0.1, -0.05) is 93.7 Å². The van der Waals surface area contributed by atoms with Gasteiger partial charge >= 0.3 is 0 Å². The van der Waals surface area contributed by atoms with Crippen molar-refractivity contribution < 1.29 is 0 Å². The molecule has 154 valence electrons. The van der Waals surface area contributed by atoms with Gasteiger partial charge in [-0.25, -0.2) is 0 Å². The van der Waals surface area contributed by atoms with Crippen LogP contribution in [0.3, 0.4) is 0 Å². The summed E-state index contributed by atoms with van der Waals surface area (Å²) in [6, 6.07) is 0. The van der Waals surface area contributed by atoms with Gasteiger partial charge < -0.3 is 0 Å². The second kappa shape index (κ2) is 10.3. The molecule has 0 radical (unpaired) electrons. The Labute approximate surface area is 166 Å².